The van der Waals surface area contributed by atoms with E-state index in [9.17, 15) is 14.4 Å². The van der Waals surface area contributed by atoms with Crippen LogP contribution in [0.3, 0.4) is 0 Å². The molecule has 0 spiro atoms. The summed E-state index contributed by atoms with van der Waals surface area (Å²) in [7, 11) is 1.67. The van der Waals surface area contributed by atoms with Crippen molar-refractivity contribution in [2.24, 2.45) is 0 Å². The molecule has 29 heavy (non-hydrogen) atoms. The van der Waals surface area contributed by atoms with Gasteiger partial charge in [0.25, 0.3) is 11.8 Å². The summed E-state index contributed by atoms with van der Waals surface area (Å²) in [6.07, 6.45) is 0.126. The van der Waals surface area contributed by atoms with Gasteiger partial charge in [0.2, 0.25) is 5.91 Å². The molecule has 0 atom stereocenters. The molecule has 2 aliphatic heterocycles. The van der Waals surface area contributed by atoms with Gasteiger partial charge in [-0.2, -0.15) is 0 Å². The number of anilines is 3. The van der Waals surface area contributed by atoms with Crippen molar-refractivity contribution in [3.05, 3.63) is 42.0 Å². The van der Waals surface area contributed by atoms with E-state index in [1.165, 1.54) is 4.90 Å². The molecular formula is C21H21N3O5. The van der Waals surface area contributed by atoms with Crippen LogP contribution in [0.2, 0.25) is 0 Å². The number of carbonyl (C=O) groups is 3. The lowest BCUT2D eigenvalue weighted by Crippen LogP contribution is -2.40. The molecule has 0 saturated heterocycles. The van der Waals surface area contributed by atoms with Crippen LogP contribution in [-0.2, 0) is 14.4 Å². The molecule has 8 heteroatoms. The Bertz CT molecular complexity index is 1000. The third-order valence-electron chi connectivity index (χ3n) is 4.95. The number of hydrogen-bond acceptors (Lipinski definition) is 5. The Morgan fingerprint density at radius 2 is 1.69 bits per heavy atom. The number of benzene rings is 2. The van der Waals surface area contributed by atoms with Gasteiger partial charge < -0.3 is 24.6 Å². The monoisotopic (exact) mass is 395 g/mol. The molecule has 4 rings (SSSR count). The van der Waals surface area contributed by atoms with Crippen LogP contribution in [0.25, 0.3) is 0 Å². The number of fused-ring (bicyclic) bond motifs is 2. The van der Waals surface area contributed by atoms with Gasteiger partial charge in [-0.3, -0.25) is 14.4 Å². The first-order chi connectivity index (χ1) is 13.9. The second-order valence-corrected chi connectivity index (χ2v) is 7.03. The first kappa shape index (κ1) is 18.8. The van der Waals surface area contributed by atoms with Crippen LogP contribution in [0, 0.1) is 6.92 Å². The predicted octanol–water partition coefficient (Wildman–Crippen LogP) is 2.10. The Hall–Kier alpha value is -3.55. The number of nitrogens with zero attached hydrogens (tertiary/aromatic N) is 2. The molecule has 0 aliphatic carbocycles. The second-order valence-electron chi connectivity index (χ2n) is 7.03. The first-order valence-corrected chi connectivity index (χ1v) is 9.29. The summed E-state index contributed by atoms with van der Waals surface area (Å²) in [5, 5.41) is 2.82. The number of rotatable bonds is 4. The highest BCUT2D eigenvalue weighted by Gasteiger charge is 2.26. The summed E-state index contributed by atoms with van der Waals surface area (Å²) in [5.74, 6) is 0.667. The Labute approximate surface area is 168 Å². The maximum absolute atomic E-state index is 12.5. The molecule has 150 valence electrons. The van der Waals surface area contributed by atoms with Crippen molar-refractivity contribution in [2.75, 3.05) is 41.9 Å². The summed E-state index contributed by atoms with van der Waals surface area (Å²) < 4.78 is 10.8. The summed E-state index contributed by atoms with van der Waals surface area (Å²) >= 11 is 0. The van der Waals surface area contributed by atoms with Crippen LogP contribution in [-0.4, -0.2) is 44.5 Å². The molecule has 0 bridgehead atoms. The van der Waals surface area contributed by atoms with Crippen LogP contribution in [0.1, 0.15) is 12.0 Å². The van der Waals surface area contributed by atoms with Gasteiger partial charge in [0.15, 0.2) is 13.2 Å². The van der Waals surface area contributed by atoms with Crippen LogP contribution in [0.5, 0.6) is 11.5 Å². The van der Waals surface area contributed by atoms with Gasteiger partial charge >= 0.3 is 0 Å². The zero-order valence-electron chi connectivity index (χ0n) is 16.2. The number of carbonyl (C=O) groups excluding carboxylic acids is 3. The minimum Gasteiger partial charge on any atom is -0.482 e. The predicted molar refractivity (Wildman–Crippen MR) is 108 cm³/mol. The second kappa shape index (κ2) is 7.46. The molecule has 2 aromatic carbocycles. The van der Waals surface area contributed by atoms with Gasteiger partial charge in [0.1, 0.15) is 11.5 Å². The molecule has 2 heterocycles. The van der Waals surface area contributed by atoms with Crippen molar-refractivity contribution in [1.82, 2.24) is 0 Å². The summed E-state index contributed by atoms with van der Waals surface area (Å²) in [6.45, 7) is 2.15. The zero-order chi connectivity index (χ0) is 20.5. The SMILES string of the molecule is Cc1ccc2c(c1)N(CCC(=O)Nc1ccc3c(c1)N(C)C(=O)CO3)C(=O)CO2. The minimum absolute atomic E-state index is 0.00370. The molecule has 1 N–H and O–H groups in total. The number of ether oxygens (including phenoxy) is 2. The fourth-order valence-corrected chi connectivity index (χ4v) is 3.34. The van der Waals surface area contributed by atoms with Crippen molar-refractivity contribution in [2.45, 2.75) is 13.3 Å². The van der Waals surface area contributed by atoms with E-state index in [1.807, 2.05) is 25.1 Å². The maximum Gasteiger partial charge on any atom is 0.265 e. The maximum atomic E-state index is 12.5. The van der Waals surface area contributed by atoms with Gasteiger partial charge in [0, 0.05) is 25.7 Å². The van der Waals surface area contributed by atoms with Gasteiger partial charge in [-0.1, -0.05) is 6.07 Å². The van der Waals surface area contributed by atoms with Gasteiger partial charge in [-0.15, -0.1) is 0 Å². The van der Waals surface area contributed by atoms with Gasteiger partial charge in [-0.05, 0) is 42.8 Å². The normalized spacial score (nSPS) is 15.2. The quantitative estimate of drug-likeness (QED) is 0.857. The lowest BCUT2D eigenvalue weighted by Gasteiger charge is -2.29. The van der Waals surface area contributed by atoms with Crippen molar-refractivity contribution < 1.29 is 23.9 Å². The van der Waals surface area contributed by atoms with E-state index in [2.05, 4.69) is 5.32 Å². The van der Waals surface area contributed by atoms with Crippen LogP contribution in [0.4, 0.5) is 17.1 Å². The van der Waals surface area contributed by atoms with E-state index in [4.69, 9.17) is 9.47 Å². The van der Waals surface area contributed by atoms with Crippen molar-refractivity contribution >= 4 is 34.8 Å². The fraction of sp³-hybridized carbons (Fsp3) is 0.286. The third-order valence-corrected chi connectivity index (χ3v) is 4.95. The number of hydrogen-bond donors (Lipinski definition) is 1. The number of nitrogens with one attached hydrogen (secondary N) is 1. The topological polar surface area (TPSA) is 88.2 Å². The van der Waals surface area contributed by atoms with Crippen molar-refractivity contribution in [1.29, 1.82) is 0 Å². The van der Waals surface area contributed by atoms with Crippen molar-refractivity contribution in [3.63, 3.8) is 0 Å². The standard InChI is InChI=1S/C21H21N3O5/c1-13-3-5-18-16(9-13)24(21(27)12-29-18)8-7-19(25)22-14-4-6-17-15(10-14)23(2)20(26)11-28-17/h3-6,9-10H,7-8,11-12H2,1-2H3,(H,22,25). The summed E-state index contributed by atoms with van der Waals surface area (Å²) in [5.41, 5.74) is 2.85. The van der Waals surface area contributed by atoms with E-state index in [1.54, 1.807) is 30.1 Å². The molecule has 0 aromatic heterocycles. The highest BCUT2D eigenvalue weighted by Crippen LogP contribution is 2.34. The first-order valence-electron chi connectivity index (χ1n) is 9.29. The molecule has 0 radical (unpaired) electrons. The highest BCUT2D eigenvalue weighted by atomic mass is 16.5. The number of aryl methyl sites for hydroxylation is 1. The van der Waals surface area contributed by atoms with E-state index in [0.717, 1.165) is 5.56 Å². The van der Waals surface area contributed by atoms with Crippen LogP contribution < -0.4 is 24.6 Å². The van der Waals surface area contributed by atoms with E-state index in [0.29, 0.717) is 28.6 Å². The summed E-state index contributed by atoms with van der Waals surface area (Å²) in [4.78, 5) is 39.6. The number of amides is 3. The third kappa shape index (κ3) is 3.73. The molecule has 0 unspecified atom stereocenters. The van der Waals surface area contributed by atoms with Gasteiger partial charge in [-0.25, -0.2) is 0 Å². The van der Waals surface area contributed by atoms with E-state index in [-0.39, 0.29) is 43.9 Å². The van der Waals surface area contributed by atoms with E-state index >= 15 is 0 Å². The van der Waals surface area contributed by atoms with Crippen LogP contribution >= 0.6 is 0 Å². The number of likely N-dealkylation sites (N-methyl/N-ethyl adjacent to an activating group) is 1. The van der Waals surface area contributed by atoms with Gasteiger partial charge in [0.05, 0.1) is 11.4 Å². The largest absolute Gasteiger partial charge is 0.482 e. The molecule has 0 saturated carbocycles. The smallest absolute Gasteiger partial charge is 0.265 e. The van der Waals surface area contributed by atoms with Crippen LogP contribution in [0.15, 0.2) is 36.4 Å². The Morgan fingerprint density at radius 1 is 1.00 bits per heavy atom. The molecular weight excluding hydrogens is 374 g/mol. The molecule has 3 amide bonds. The van der Waals surface area contributed by atoms with E-state index < -0.39 is 0 Å². The average Bonchev–Trinajstić information content (AvgIpc) is 2.70. The lowest BCUT2D eigenvalue weighted by molar-refractivity contribution is -0.122. The minimum atomic E-state index is -0.232. The summed E-state index contributed by atoms with van der Waals surface area (Å²) in [6, 6.07) is 10.8. The Balaban J connectivity index is 1.43. The lowest BCUT2D eigenvalue weighted by atomic mass is 10.1. The average molecular weight is 395 g/mol. The Kier molecular flexibility index (Phi) is 4.84. The highest BCUT2D eigenvalue weighted by molar-refractivity contribution is 6.00. The fourth-order valence-electron chi connectivity index (χ4n) is 3.34. The Morgan fingerprint density at radius 3 is 2.48 bits per heavy atom. The van der Waals surface area contributed by atoms with Crippen molar-refractivity contribution in [3.8, 4) is 11.5 Å². The zero-order valence-corrected chi connectivity index (χ0v) is 16.2. The molecule has 2 aliphatic rings. The molecule has 8 nitrogen and oxygen atoms in total. The molecule has 0 fully saturated rings. The molecule has 2 aromatic rings.